The zero-order valence-electron chi connectivity index (χ0n) is 15.4. The highest BCUT2D eigenvalue weighted by Gasteiger charge is 2.15. The number of methoxy groups -OCH3 is 1. The number of nitrogens with zero attached hydrogens (tertiary/aromatic N) is 2. The molecule has 0 aliphatic heterocycles. The summed E-state index contributed by atoms with van der Waals surface area (Å²) in [7, 11) is 1.62. The number of carbonyl (C=O) groups is 1. The second kappa shape index (κ2) is 7.43. The van der Waals surface area contributed by atoms with E-state index in [0.29, 0.717) is 23.7 Å². The van der Waals surface area contributed by atoms with Crippen LogP contribution in [0.1, 0.15) is 21.8 Å². The number of hydrogen-bond acceptors (Lipinski definition) is 5. The first-order valence-electron chi connectivity index (χ1n) is 8.71. The zero-order valence-corrected chi connectivity index (χ0v) is 15.4. The molecule has 0 spiro atoms. The molecule has 142 valence electrons. The highest BCUT2D eigenvalue weighted by molar-refractivity contribution is 5.93. The van der Waals surface area contributed by atoms with Crippen molar-refractivity contribution in [3.8, 4) is 28.5 Å². The van der Waals surface area contributed by atoms with Gasteiger partial charge in [-0.1, -0.05) is 0 Å². The second-order valence-corrected chi connectivity index (χ2v) is 6.26. The largest absolute Gasteiger partial charge is 0.497 e. The number of benzene rings is 1. The molecule has 8 heteroatoms. The van der Waals surface area contributed by atoms with E-state index in [9.17, 15) is 4.79 Å². The van der Waals surface area contributed by atoms with Gasteiger partial charge in [0.15, 0.2) is 11.5 Å². The first kappa shape index (κ1) is 17.6. The number of ether oxygens (including phenoxy) is 1. The summed E-state index contributed by atoms with van der Waals surface area (Å²) in [5.41, 5.74) is 3.62. The molecule has 3 N–H and O–H groups in total. The number of H-pyrrole nitrogens is 2. The van der Waals surface area contributed by atoms with E-state index in [1.54, 1.807) is 19.4 Å². The molecule has 0 aliphatic carbocycles. The van der Waals surface area contributed by atoms with Crippen LogP contribution in [0, 0.1) is 6.92 Å². The summed E-state index contributed by atoms with van der Waals surface area (Å²) in [6.07, 6.45) is 1.70. The van der Waals surface area contributed by atoms with Gasteiger partial charge in [0.2, 0.25) is 0 Å². The van der Waals surface area contributed by atoms with Crippen molar-refractivity contribution in [1.82, 2.24) is 25.7 Å². The lowest BCUT2D eigenvalue weighted by Crippen LogP contribution is -2.23. The molecular weight excluding hydrogens is 358 g/mol. The minimum absolute atomic E-state index is 0.285. The Morgan fingerprint density at radius 1 is 1.18 bits per heavy atom. The quantitative estimate of drug-likeness (QED) is 0.478. The van der Waals surface area contributed by atoms with Crippen LogP contribution in [0.2, 0.25) is 0 Å². The summed E-state index contributed by atoms with van der Waals surface area (Å²) in [4.78, 5) is 12.4. The van der Waals surface area contributed by atoms with Gasteiger partial charge in [0.05, 0.1) is 19.0 Å². The Hall–Kier alpha value is -3.81. The Morgan fingerprint density at radius 3 is 2.71 bits per heavy atom. The lowest BCUT2D eigenvalue weighted by atomic mass is 10.1. The van der Waals surface area contributed by atoms with E-state index < -0.39 is 0 Å². The molecule has 4 aromatic rings. The number of carbonyl (C=O) groups excluding carboxylic acids is 1. The van der Waals surface area contributed by atoms with Crippen molar-refractivity contribution in [3.63, 3.8) is 0 Å². The van der Waals surface area contributed by atoms with E-state index in [-0.39, 0.29) is 5.91 Å². The van der Waals surface area contributed by atoms with E-state index in [4.69, 9.17) is 9.15 Å². The summed E-state index contributed by atoms with van der Waals surface area (Å²) in [5, 5.41) is 16.8. The Bertz CT molecular complexity index is 1090. The molecule has 1 aromatic carbocycles. The normalized spacial score (nSPS) is 10.8. The van der Waals surface area contributed by atoms with Gasteiger partial charge in [-0.15, -0.1) is 0 Å². The fraction of sp³-hybridized carbons (Fsp3) is 0.150. The number of aromatic amines is 2. The molecule has 0 atom stereocenters. The fourth-order valence-corrected chi connectivity index (χ4v) is 2.86. The maximum absolute atomic E-state index is 12.4. The van der Waals surface area contributed by atoms with Crippen molar-refractivity contribution in [2.75, 3.05) is 7.11 Å². The van der Waals surface area contributed by atoms with Crippen LogP contribution in [0.3, 0.4) is 0 Å². The molecule has 0 bridgehead atoms. The van der Waals surface area contributed by atoms with Crippen molar-refractivity contribution in [1.29, 1.82) is 0 Å². The number of rotatable bonds is 6. The Labute approximate surface area is 160 Å². The first-order chi connectivity index (χ1) is 13.6. The van der Waals surface area contributed by atoms with Crippen molar-refractivity contribution in [3.05, 3.63) is 65.7 Å². The van der Waals surface area contributed by atoms with E-state index in [1.807, 2.05) is 43.3 Å². The van der Waals surface area contributed by atoms with Crippen molar-refractivity contribution >= 4 is 5.91 Å². The lowest BCUT2D eigenvalue weighted by Gasteiger charge is -2.06. The molecule has 1 amide bonds. The van der Waals surface area contributed by atoms with Gasteiger partial charge >= 0.3 is 0 Å². The molecule has 3 heterocycles. The van der Waals surface area contributed by atoms with Crippen LogP contribution < -0.4 is 10.1 Å². The average Bonchev–Trinajstić information content (AvgIpc) is 3.46. The van der Waals surface area contributed by atoms with Crippen LogP contribution in [0.25, 0.3) is 22.7 Å². The molecule has 0 unspecified atom stereocenters. The number of nitrogens with one attached hydrogen (secondary N) is 3. The number of furan rings is 1. The Morgan fingerprint density at radius 2 is 2.00 bits per heavy atom. The molecule has 0 radical (unpaired) electrons. The Balaban J connectivity index is 1.44. The maximum atomic E-state index is 12.4. The zero-order chi connectivity index (χ0) is 19.5. The third kappa shape index (κ3) is 3.52. The summed E-state index contributed by atoms with van der Waals surface area (Å²) in [5.74, 6) is 1.93. The first-order valence-corrected chi connectivity index (χ1v) is 8.71. The number of aryl methyl sites for hydroxylation is 1. The summed E-state index contributed by atoms with van der Waals surface area (Å²) in [6, 6.07) is 13.0. The third-order valence-electron chi connectivity index (χ3n) is 4.35. The summed E-state index contributed by atoms with van der Waals surface area (Å²) >= 11 is 0. The number of amides is 1. The number of aromatic nitrogens is 4. The smallest absolute Gasteiger partial charge is 0.272 e. The van der Waals surface area contributed by atoms with Crippen LogP contribution in [0.5, 0.6) is 5.75 Å². The SMILES string of the molecule is COc1ccc(-c2[nH]ncc2CNC(=O)c2cc(-c3ccc(C)o3)[nH]n2)cc1. The molecular formula is C20H19N5O3. The molecule has 0 fully saturated rings. The van der Waals surface area contributed by atoms with Gasteiger partial charge in [-0.3, -0.25) is 15.0 Å². The van der Waals surface area contributed by atoms with Gasteiger partial charge in [-0.2, -0.15) is 10.2 Å². The van der Waals surface area contributed by atoms with E-state index in [0.717, 1.165) is 28.3 Å². The highest BCUT2D eigenvalue weighted by Crippen LogP contribution is 2.24. The summed E-state index contributed by atoms with van der Waals surface area (Å²) < 4.78 is 10.7. The van der Waals surface area contributed by atoms with Gasteiger partial charge in [0.1, 0.15) is 17.2 Å². The van der Waals surface area contributed by atoms with Gasteiger partial charge in [-0.25, -0.2) is 0 Å². The molecule has 28 heavy (non-hydrogen) atoms. The van der Waals surface area contributed by atoms with E-state index in [1.165, 1.54) is 0 Å². The van der Waals surface area contributed by atoms with Crippen LogP contribution in [0.4, 0.5) is 0 Å². The standard InChI is InChI=1S/C20H19N5O3/c1-12-3-8-18(28-12)16-9-17(24-23-16)20(26)21-10-14-11-22-25-19(14)13-4-6-15(27-2)7-5-13/h3-9,11H,10H2,1-2H3,(H,21,26)(H,22,25)(H,23,24). The molecule has 0 saturated carbocycles. The van der Waals surface area contributed by atoms with Crippen LogP contribution in [0.15, 0.2) is 53.1 Å². The molecule has 4 rings (SSSR count). The monoisotopic (exact) mass is 377 g/mol. The highest BCUT2D eigenvalue weighted by atomic mass is 16.5. The molecule has 0 aliphatic rings. The topological polar surface area (TPSA) is 109 Å². The maximum Gasteiger partial charge on any atom is 0.272 e. The predicted octanol–water partition coefficient (Wildman–Crippen LogP) is 3.31. The van der Waals surface area contributed by atoms with Crippen molar-refractivity contribution in [2.45, 2.75) is 13.5 Å². The van der Waals surface area contributed by atoms with E-state index in [2.05, 4.69) is 25.7 Å². The lowest BCUT2D eigenvalue weighted by molar-refractivity contribution is 0.0946. The van der Waals surface area contributed by atoms with Gasteiger partial charge in [-0.05, 0) is 43.3 Å². The molecule has 8 nitrogen and oxygen atoms in total. The number of hydrogen-bond donors (Lipinski definition) is 3. The van der Waals surface area contributed by atoms with Crippen LogP contribution >= 0.6 is 0 Å². The van der Waals surface area contributed by atoms with Gasteiger partial charge in [0, 0.05) is 23.7 Å². The minimum Gasteiger partial charge on any atom is -0.497 e. The molecule has 0 saturated heterocycles. The van der Waals surface area contributed by atoms with Crippen LogP contribution in [-0.4, -0.2) is 33.4 Å². The van der Waals surface area contributed by atoms with Gasteiger partial charge in [0.25, 0.3) is 5.91 Å². The minimum atomic E-state index is -0.285. The average molecular weight is 377 g/mol. The fourth-order valence-electron chi connectivity index (χ4n) is 2.86. The predicted molar refractivity (Wildman–Crippen MR) is 103 cm³/mol. The van der Waals surface area contributed by atoms with E-state index >= 15 is 0 Å². The Kier molecular flexibility index (Phi) is 4.67. The second-order valence-electron chi connectivity index (χ2n) is 6.26. The van der Waals surface area contributed by atoms with Crippen LogP contribution in [-0.2, 0) is 6.54 Å². The van der Waals surface area contributed by atoms with Crippen molar-refractivity contribution < 1.29 is 13.9 Å². The molecule has 3 aromatic heterocycles. The van der Waals surface area contributed by atoms with Crippen molar-refractivity contribution in [2.24, 2.45) is 0 Å². The van der Waals surface area contributed by atoms with Gasteiger partial charge < -0.3 is 14.5 Å². The third-order valence-corrected chi connectivity index (χ3v) is 4.35. The summed E-state index contributed by atoms with van der Waals surface area (Å²) in [6.45, 7) is 2.18.